The van der Waals surface area contributed by atoms with E-state index in [-0.39, 0.29) is 0 Å². The second-order valence-electron chi connectivity index (χ2n) is 5.66. The van der Waals surface area contributed by atoms with Gasteiger partial charge in [0.2, 0.25) is 0 Å². The van der Waals surface area contributed by atoms with Crippen LogP contribution in [-0.2, 0) is 6.54 Å². The minimum atomic E-state index is 0.635. The maximum absolute atomic E-state index is 3.99. The number of H-pyrrole nitrogens is 1. The van der Waals surface area contributed by atoms with Gasteiger partial charge in [-0.05, 0) is 24.2 Å². The monoisotopic (exact) mass is 221 g/mol. The molecule has 1 aliphatic carbocycles. The summed E-state index contributed by atoms with van der Waals surface area (Å²) in [7, 11) is 0. The highest BCUT2D eigenvalue weighted by atomic mass is 15.5. The van der Waals surface area contributed by atoms with Gasteiger partial charge in [0.1, 0.15) is 0 Å². The molecule has 2 aliphatic rings. The lowest BCUT2D eigenvalue weighted by Crippen LogP contribution is -2.56. The zero-order valence-electron chi connectivity index (χ0n) is 9.82. The fourth-order valence-electron chi connectivity index (χ4n) is 3.15. The van der Waals surface area contributed by atoms with Crippen LogP contribution in [0.3, 0.4) is 0 Å². The van der Waals surface area contributed by atoms with Gasteiger partial charge in [-0.2, -0.15) is 5.21 Å². The van der Waals surface area contributed by atoms with Crippen LogP contribution in [0.2, 0.25) is 0 Å². The minimum Gasteiger partial charge on any atom is -0.295 e. The minimum absolute atomic E-state index is 0.635. The van der Waals surface area contributed by atoms with E-state index in [1.165, 1.54) is 38.8 Å². The zero-order chi connectivity index (χ0) is 11.0. The second kappa shape index (κ2) is 3.80. The summed E-state index contributed by atoms with van der Waals surface area (Å²) >= 11 is 0. The van der Waals surface area contributed by atoms with Gasteiger partial charge in [0, 0.05) is 13.1 Å². The highest BCUT2D eigenvalue weighted by Crippen LogP contribution is 2.45. The molecule has 0 unspecified atom stereocenters. The summed E-state index contributed by atoms with van der Waals surface area (Å²) in [5, 5.41) is 14.1. The molecule has 5 heteroatoms. The molecule has 1 saturated heterocycles. The smallest absolute Gasteiger partial charge is 0.188 e. The first kappa shape index (κ1) is 10.2. The molecule has 1 N–H and O–H groups in total. The Morgan fingerprint density at radius 1 is 1.38 bits per heavy atom. The molecule has 3 rings (SSSR count). The third-order valence-corrected chi connectivity index (χ3v) is 4.21. The van der Waals surface area contributed by atoms with Gasteiger partial charge in [0.05, 0.1) is 6.54 Å². The van der Waals surface area contributed by atoms with E-state index in [1.807, 2.05) is 0 Å². The highest BCUT2D eigenvalue weighted by Gasteiger charge is 2.44. The molecule has 0 aromatic carbocycles. The number of hydrogen-bond acceptors (Lipinski definition) is 4. The number of aromatic amines is 1. The highest BCUT2D eigenvalue weighted by molar-refractivity contribution is 4.98. The Hall–Kier alpha value is -0.970. The van der Waals surface area contributed by atoms with E-state index in [2.05, 4.69) is 32.4 Å². The van der Waals surface area contributed by atoms with Crippen LogP contribution < -0.4 is 0 Å². The standard InChI is InChI=1S/C11H19N5/c1-9-2-4-11(5-3-9)7-16(8-11)6-10-12-14-15-13-10/h9H,2-8H2,1H3,(H,12,13,14,15). The first-order valence-electron chi connectivity index (χ1n) is 6.20. The van der Waals surface area contributed by atoms with Crippen LogP contribution in [0.25, 0.3) is 0 Å². The molecule has 0 radical (unpaired) electrons. The molecule has 1 spiro atoms. The largest absolute Gasteiger partial charge is 0.295 e. The maximum atomic E-state index is 3.99. The Balaban J connectivity index is 1.51. The predicted octanol–water partition coefficient (Wildman–Crippen LogP) is 1.21. The van der Waals surface area contributed by atoms with E-state index in [0.29, 0.717) is 5.41 Å². The Morgan fingerprint density at radius 3 is 2.75 bits per heavy atom. The van der Waals surface area contributed by atoms with Crippen molar-refractivity contribution in [3.8, 4) is 0 Å². The molecule has 1 aromatic heterocycles. The Bertz CT molecular complexity index is 331. The van der Waals surface area contributed by atoms with Gasteiger partial charge < -0.3 is 0 Å². The summed E-state index contributed by atoms with van der Waals surface area (Å²) in [6.07, 6.45) is 5.65. The van der Waals surface area contributed by atoms with Crippen LogP contribution in [0.5, 0.6) is 0 Å². The summed E-state index contributed by atoms with van der Waals surface area (Å²) in [5.74, 6) is 1.76. The van der Waals surface area contributed by atoms with Crippen LogP contribution in [-0.4, -0.2) is 38.6 Å². The SMILES string of the molecule is CC1CCC2(CC1)CN(Cc1nn[nH]n1)C2. The van der Waals surface area contributed by atoms with Gasteiger partial charge in [-0.3, -0.25) is 4.90 Å². The van der Waals surface area contributed by atoms with Gasteiger partial charge in [-0.25, -0.2) is 0 Å². The second-order valence-corrected chi connectivity index (χ2v) is 5.66. The molecular formula is C11H19N5. The number of nitrogens with one attached hydrogen (secondary N) is 1. The van der Waals surface area contributed by atoms with Gasteiger partial charge in [0.25, 0.3) is 0 Å². The molecule has 1 aromatic rings. The van der Waals surface area contributed by atoms with E-state index in [1.54, 1.807) is 0 Å². The van der Waals surface area contributed by atoms with Crippen molar-refractivity contribution >= 4 is 0 Å². The summed E-state index contributed by atoms with van der Waals surface area (Å²) < 4.78 is 0. The lowest BCUT2D eigenvalue weighted by atomic mass is 9.66. The summed E-state index contributed by atoms with van der Waals surface area (Å²) in [5.41, 5.74) is 0.635. The quantitative estimate of drug-likeness (QED) is 0.815. The van der Waals surface area contributed by atoms with Crippen molar-refractivity contribution in [3.63, 3.8) is 0 Å². The molecule has 1 saturated carbocycles. The first-order chi connectivity index (χ1) is 7.76. The molecule has 2 heterocycles. The Labute approximate surface area is 95.6 Å². The number of hydrogen-bond donors (Lipinski definition) is 1. The molecule has 0 amide bonds. The molecule has 16 heavy (non-hydrogen) atoms. The molecule has 1 aliphatic heterocycles. The predicted molar refractivity (Wildman–Crippen MR) is 59.5 cm³/mol. The number of aromatic nitrogens is 4. The summed E-state index contributed by atoms with van der Waals surface area (Å²) in [4.78, 5) is 2.43. The van der Waals surface area contributed by atoms with E-state index in [0.717, 1.165) is 18.3 Å². The van der Waals surface area contributed by atoms with Gasteiger partial charge >= 0.3 is 0 Å². The van der Waals surface area contributed by atoms with E-state index >= 15 is 0 Å². The normalized spacial score (nSPS) is 25.8. The molecule has 88 valence electrons. The maximum Gasteiger partial charge on any atom is 0.188 e. The van der Waals surface area contributed by atoms with Gasteiger partial charge in [-0.1, -0.05) is 25.0 Å². The van der Waals surface area contributed by atoms with Gasteiger partial charge in [0.15, 0.2) is 5.82 Å². The van der Waals surface area contributed by atoms with Crippen LogP contribution in [0, 0.1) is 11.3 Å². The lowest BCUT2D eigenvalue weighted by molar-refractivity contribution is -0.0427. The fraction of sp³-hybridized carbons (Fsp3) is 0.909. The van der Waals surface area contributed by atoms with Crippen molar-refractivity contribution in [2.24, 2.45) is 11.3 Å². The number of nitrogens with zero attached hydrogens (tertiary/aromatic N) is 4. The topological polar surface area (TPSA) is 57.7 Å². The molecule has 0 atom stereocenters. The molecule has 0 bridgehead atoms. The van der Waals surface area contributed by atoms with Crippen molar-refractivity contribution in [3.05, 3.63) is 5.82 Å². The van der Waals surface area contributed by atoms with E-state index in [4.69, 9.17) is 0 Å². The zero-order valence-corrected chi connectivity index (χ0v) is 9.82. The van der Waals surface area contributed by atoms with Crippen LogP contribution in [0.1, 0.15) is 38.4 Å². The molecule has 2 fully saturated rings. The summed E-state index contributed by atoms with van der Waals surface area (Å²) in [6.45, 7) is 5.69. The van der Waals surface area contributed by atoms with Crippen molar-refractivity contribution in [2.75, 3.05) is 13.1 Å². The van der Waals surface area contributed by atoms with Crippen molar-refractivity contribution < 1.29 is 0 Å². The van der Waals surface area contributed by atoms with Gasteiger partial charge in [-0.15, -0.1) is 10.2 Å². The number of rotatable bonds is 2. The lowest BCUT2D eigenvalue weighted by Gasteiger charge is -2.53. The average molecular weight is 221 g/mol. The van der Waals surface area contributed by atoms with Crippen molar-refractivity contribution in [1.82, 2.24) is 25.5 Å². The van der Waals surface area contributed by atoms with E-state index in [9.17, 15) is 0 Å². The van der Waals surface area contributed by atoms with Crippen molar-refractivity contribution in [2.45, 2.75) is 39.2 Å². The van der Waals surface area contributed by atoms with Crippen molar-refractivity contribution in [1.29, 1.82) is 0 Å². The van der Waals surface area contributed by atoms with Crippen LogP contribution >= 0.6 is 0 Å². The summed E-state index contributed by atoms with van der Waals surface area (Å²) in [6, 6.07) is 0. The Morgan fingerprint density at radius 2 is 2.12 bits per heavy atom. The third kappa shape index (κ3) is 1.84. The molecule has 5 nitrogen and oxygen atoms in total. The Kier molecular flexibility index (Phi) is 2.42. The average Bonchev–Trinajstić information content (AvgIpc) is 2.72. The van der Waals surface area contributed by atoms with E-state index < -0.39 is 0 Å². The number of tetrazole rings is 1. The first-order valence-corrected chi connectivity index (χ1v) is 6.20. The molecular weight excluding hydrogens is 202 g/mol. The van der Waals surface area contributed by atoms with Crippen LogP contribution in [0.4, 0.5) is 0 Å². The third-order valence-electron chi connectivity index (χ3n) is 4.21. The van der Waals surface area contributed by atoms with Crippen LogP contribution in [0.15, 0.2) is 0 Å². The number of likely N-dealkylation sites (tertiary alicyclic amines) is 1. The fourth-order valence-corrected chi connectivity index (χ4v) is 3.15.